The van der Waals surface area contributed by atoms with E-state index in [1.54, 1.807) is 7.05 Å². The van der Waals surface area contributed by atoms with Crippen molar-refractivity contribution in [2.24, 2.45) is 11.8 Å². The van der Waals surface area contributed by atoms with E-state index in [0.717, 1.165) is 10.5 Å². The van der Waals surface area contributed by atoms with Gasteiger partial charge in [0.1, 0.15) is 5.54 Å². The van der Waals surface area contributed by atoms with E-state index >= 15 is 0 Å². The predicted molar refractivity (Wildman–Crippen MR) is 122 cm³/mol. The Hall–Kier alpha value is -3.68. The molecule has 0 aliphatic carbocycles. The number of hydrogen-bond donors (Lipinski definition) is 3. The quantitative estimate of drug-likeness (QED) is 0.359. The lowest BCUT2D eigenvalue weighted by Crippen LogP contribution is -2.59. The smallest absolute Gasteiger partial charge is 0.475 e. The van der Waals surface area contributed by atoms with Crippen LogP contribution < -0.4 is 10.6 Å². The van der Waals surface area contributed by atoms with Crippen molar-refractivity contribution in [3.05, 3.63) is 35.9 Å². The second-order valence-electron chi connectivity index (χ2n) is 8.63. The van der Waals surface area contributed by atoms with Gasteiger partial charge in [0.25, 0.3) is 0 Å². The number of benzene rings is 1. The third-order valence-electron chi connectivity index (χ3n) is 6.24. The van der Waals surface area contributed by atoms with Crippen LogP contribution in [0.4, 0.5) is 18.0 Å². The van der Waals surface area contributed by atoms with E-state index in [4.69, 9.17) is 14.6 Å². The molecule has 0 saturated carbocycles. The number of fused-ring (bicyclic) bond motifs is 1. The number of esters is 1. The molecule has 14 heteroatoms. The molecule has 2 aliphatic heterocycles. The zero-order valence-electron chi connectivity index (χ0n) is 20.7. The van der Waals surface area contributed by atoms with E-state index in [-0.39, 0.29) is 24.9 Å². The normalized spacial score (nSPS) is 24.6. The first kappa shape index (κ1) is 29.5. The first-order valence-corrected chi connectivity index (χ1v) is 11.2. The molecule has 1 aromatic rings. The van der Waals surface area contributed by atoms with Crippen molar-refractivity contribution in [2.75, 3.05) is 34.3 Å². The number of methoxy groups -OCH3 is 1. The van der Waals surface area contributed by atoms with Crippen molar-refractivity contribution < 1.29 is 47.0 Å². The Kier molecular flexibility index (Phi) is 9.25. The maximum Gasteiger partial charge on any atom is 0.490 e. The molecule has 2 saturated heterocycles. The molecule has 2 fully saturated rings. The molecule has 0 spiro atoms. The van der Waals surface area contributed by atoms with Crippen LogP contribution in [0.3, 0.4) is 0 Å². The van der Waals surface area contributed by atoms with Crippen LogP contribution >= 0.6 is 0 Å². The average Bonchev–Trinajstić information content (AvgIpc) is 3.28. The predicted octanol–water partition coefficient (Wildman–Crippen LogP) is 0.638. The average molecular weight is 531 g/mol. The largest absolute Gasteiger partial charge is 0.490 e. The molecule has 1 aromatic carbocycles. The number of carboxylic acids is 1. The van der Waals surface area contributed by atoms with E-state index < -0.39 is 47.4 Å². The van der Waals surface area contributed by atoms with Gasteiger partial charge in [0, 0.05) is 39.6 Å². The van der Waals surface area contributed by atoms with Gasteiger partial charge in [-0.25, -0.2) is 9.59 Å². The number of likely N-dealkylation sites (N-methyl/N-ethyl adjacent to an activating group) is 1. The van der Waals surface area contributed by atoms with Crippen molar-refractivity contribution >= 4 is 29.8 Å². The highest BCUT2D eigenvalue weighted by Crippen LogP contribution is 2.44. The fourth-order valence-electron chi connectivity index (χ4n) is 4.61. The van der Waals surface area contributed by atoms with E-state index in [1.807, 2.05) is 37.3 Å². The van der Waals surface area contributed by atoms with Crippen LogP contribution in [0.1, 0.15) is 12.5 Å². The van der Waals surface area contributed by atoms with Gasteiger partial charge in [0.2, 0.25) is 11.8 Å². The van der Waals surface area contributed by atoms with Gasteiger partial charge >= 0.3 is 24.1 Å². The molecule has 0 unspecified atom stereocenters. The third-order valence-corrected chi connectivity index (χ3v) is 6.24. The number of nitrogens with one attached hydrogen (secondary N) is 2. The summed E-state index contributed by atoms with van der Waals surface area (Å²) in [5.74, 6) is -5.79. The van der Waals surface area contributed by atoms with Crippen molar-refractivity contribution in [2.45, 2.75) is 31.1 Å². The number of amides is 4. The Morgan fingerprint density at radius 2 is 1.76 bits per heavy atom. The van der Waals surface area contributed by atoms with Gasteiger partial charge in [-0.1, -0.05) is 30.3 Å². The molecule has 204 valence electrons. The van der Waals surface area contributed by atoms with Crippen molar-refractivity contribution in [1.29, 1.82) is 0 Å². The van der Waals surface area contributed by atoms with Gasteiger partial charge in [-0.05, 0) is 12.5 Å². The molecule has 4 amide bonds. The minimum atomic E-state index is -5.08. The topological polar surface area (TPSA) is 145 Å². The lowest BCUT2D eigenvalue weighted by molar-refractivity contribution is -0.192. The number of imide groups is 1. The summed E-state index contributed by atoms with van der Waals surface area (Å²) in [6, 6.07) is 8.41. The van der Waals surface area contributed by atoms with Gasteiger partial charge in [-0.2, -0.15) is 13.2 Å². The molecule has 4 atom stereocenters. The molecule has 11 nitrogen and oxygen atoms in total. The SMILES string of the molecule is CCNC(=O)N(C)C[C@H]1N[C@@](Cc2ccccc2)(C(=O)OC)[C@H]2C(=O)N(C)C(=O)[C@@H]12.O=C(O)C(F)(F)F. The van der Waals surface area contributed by atoms with E-state index in [2.05, 4.69) is 10.6 Å². The Bertz CT molecular complexity index is 1040. The third kappa shape index (κ3) is 6.18. The lowest BCUT2D eigenvalue weighted by atomic mass is 9.76. The highest BCUT2D eigenvalue weighted by atomic mass is 19.4. The molecular weight excluding hydrogens is 501 g/mol. The van der Waals surface area contributed by atoms with Crippen LogP contribution in [0.15, 0.2) is 30.3 Å². The van der Waals surface area contributed by atoms with Crippen LogP contribution in [-0.2, 0) is 30.3 Å². The monoisotopic (exact) mass is 530 g/mol. The minimum absolute atomic E-state index is 0.160. The number of carboxylic acid groups (broad SMARTS) is 1. The number of halogens is 3. The van der Waals surface area contributed by atoms with Crippen LogP contribution in [0.2, 0.25) is 0 Å². The number of rotatable bonds is 6. The van der Waals surface area contributed by atoms with Gasteiger partial charge < -0.3 is 20.1 Å². The summed E-state index contributed by atoms with van der Waals surface area (Å²) in [5.41, 5.74) is -0.563. The van der Waals surface area contributed by atoms with Crippen molar-refractivity contribution in [3.63, 3.8) is 0 Å². The number of likely N-dealkylation sites (tertiary alicyclic amines) is 1. The summed E-state index contributed by atoms with van der Waals surface area (Å²) in [4.78, 5) is 62.7. The summed E-state index contributed by atoms with van der Waals surface area (Å²) in [6.07, 6.45) is -4.89. The molecule has 3 rings (SSSR count). The van der Waals surface area contributed by atoms with E-state index in [1.165, 1.54) is 19.1 Å². The fourth-order valence-corrected chi connectivity index (χ4v) is 4.61. The second kappa shape index (κ2) is 11.6. The zero-order chi connectivity index (χ0) is 28.1. The van der Waals surface area contributed by atoms with Crippen molar-refractivity contribution in [3.8, 4) is 0 Å². The minimum Gasteiger partial charge on any atom is -0.475 e. The number of carbonyl (C=O) groups is 5. The molecular formula is C23H29F3N4O7. The molecule has 0 radical (unpaired) electrons. The standard InChI is InChI=1S/C21H28N4O5.C2HF3O2/c1-5-22-20(29)24(2)12-14-15-16(18(27)25(3)17(15)26)21(23-14,19(28)30-4)11-13-9-7-6-8-10-13;3-2(4,5)1(6)7/h6-10,14-16,23H,5,11-12H2,1-4H3,(H,22,29);(H,6,7)/t14-,15+,16-,21-;/m1./s1. The Labute approximate surface area is 210 Å². The van der Waals surface area contributed by atoms with Crippen LogP contribution in [0.5, 0.6) is 0 Å². The first-order chi connectivity index (χ1) is 17.2. The second-order valence-corrected chi connectivity index (χ2v) is 8.63. The molecule has 2 heterocycles. The Morgan fingerprint density at radius 1 is 1.19 bits per heavy atom. The molecule has 37 heavy (non-hydrogen) atoms. The fraction of sp³-hybridized carbons (Fsp3) is 0.522. The van der Waals surface area contributed by atoms with Gasteiger partial charge in [-0.15, -0.1) is 0 Å². The van der Waals surface area contributed by atoms with Crippen LogP contribution in [-0.4, -0.2) is 96.7 Å². The highest BCUT2D eigenvalue weighted by Gasteiger charge is 2.68. The number of aliphatic carboxylic acids is 1. The van der Waals surface area contributed by atoms with Gasteiger partial charge in [-0.3, -0.25) is 24.6 Å². The van der Waals surface area contributed by atoms with Gasteiger partial charge in [0.15, 0.2) is 0 Å². The molecule has 0 aromatic heterocycles. The summed E-state index contributed by atoms with van der Waals surface area (Å²) in [6.45, 7) is 2.44. The number of nitrogens with zero attached hydrogens (tertiary/aromatic N) is 2. The molecule has 3 N–H and O–H groups in total. The highest BCUT2D eigenvalue weighted by molar-refractivity contribution is 6.09. The number of alkyl halides is 3. The van der Waals surface area contributed by atoms with Gasteiger partial charge in [0.05, 0.1) is 18.9 Å². The lowest BCUT2D eigenvalue weighted by Gasteiger charge is -2.32. The Balaban J connectivity index is 0.000000604. The first-order valence-electron chi connectivity index (χ1n) is 11.2. The number of carbonyl (C=O) groups excluding carboxylic acids is 4. The van der Waals surface area contributed by atoms with E-state index in [0.29, 0.717) is 6.54 Å². The maximum absolute atomic E-state index is 13.1. The number of ether oxygens (including phenoxy) is 1. The zero-order valence-corrected chi connectivity index (χ0v) is 20.7. The number of urea groups is 1. The Morgan fingerprint density at radius 3 is 2.24 bits per heavy atom. The maximum atomic E-state index is 13.1. The summed E-state index contributed by atoms with van der Waals surface area (Å²) in [7, 11) is 4.31. The summed E-state index contributed by atoms with van der Waals surface area (Å²) < 4.78 is 36.8. The molecule has 0 bridgehead atoms. The van der Waals surface area contributed by atoms with Crippen LogP contribution in [0, 0.1) is 11.8 Å². The molecule has 2 aliphatic rings. The number of hydrogen-bond acceptors (Lipinski definition) is 7. The van der Waals surface area contributed by atoms with E-state index in [9.17, 15) is 32.3 Å². The summed E-state index contributed by atoms with van der Waals surface area (Å²) >= 11 is 0. The van der Waals surface area contributed by atoms with Crippen LogP contribution in [0.25, 0.3) is 0 Å². The van der Waals surface area contributed by atoms with Crippen molar-refractivity contribution in [1.82, 2.24) is 20.4 Å². The summed E-state index contributed by atoms with van der Waals surface area (Å²) in [5, 5.41) is 13.1.